The fourth-order valence-electron chi connectivity index (χ4n) is 2.64. The summed E-state index contributed by atoms with van der Waals surface area (Å²) in [6.07, 6.45) is 1.48. The first-order valence-electron chi connectivity index (χ1n) is 7.72. The van der Waals surface area contributed by atoms with Gasteiger partial charge in [0.2, 0.25) is 0 Å². The van der Waals surface area contributed by atoms with Crippen LogP contribution in [-0.4, -0.2) is 40.4 Å². The molecule has 3 rings (SSSR count). The quantitative estimate of drug-likeness (QED) is 0.824. The van der Waals surface area contributed by atoms with Gasteiger partial charge in [0.15, 0.2) is 0 Å². The summed E-state index contributed by atoms with van der Waals surface area (Å²) in [6.45, 7) is 0.129. The van der Waals surface area contributed by atoms with Crippen LogP contribution >= 0.6 is 0 Å². The topological polar surface area (TPSA) is 84.4 Å². The summed E-state index contributed by atoms with van der Waals surface area (Å²) in [5.74, 6) is 0.243. The molecule has 0 aliphatic heterocycles. The van der Waals surface area contributed by atoms with Gasteiger partial charge in [0.05, 0.1) is 34.7 Å². The number of aromatic nitrogens is 2. The first-order chi connectivity index (χ1) is 11.6. The average molecular weight is 332 g/mol. The Morgan fingerprint density at radius 2 is 2.04 bits per heavy atom. The van der Waals surface area contributed by atoms with Crippen LogP contribution < -0.4 is 5.73 Å². The summed E-state index contributed by atoms with van der Waals surface area (Å²) in [7, 11) is 0. The van der Waals surface area contributed by atoms with E-state index in [9.17, 15) is 8.78 Å². The molecule has 0 unspecified atom stereocenters. The van der Waals surface area contributed by atoms with Gasteiger partial charge in [-0.1, -0.05) is 12.1 Å². The summed E-state index contributed by atoms with van der Waals surface area (Å²) < 4.78 is 26.2. The largest absolute Gasteiger partial charge is 0.397 e. The standard InChI is InChI=1S/C17H18F2N4O/c18-17(19)16(20)12(7-21-11-5-10(6-11)9-24)15-8-22-13-3-1-2-4-14(13)23-15/h1-4,7-8,10-11,17,24H,5-6,9,20H2. The van der Waals surface area contributed by atoms with Gasteiger partial charge in [-0.05, 0) is 30.9 Å². The molecule has 0 radical (unpaired) electrons. The van der Waals surface area contributed by atoms with E-state index >= 15 is 0 Å². The van der Waals surface area contributed by atoms with E-state index in [1.165, 1.54) is 12.4 Å². The summed E-state index contributed by atoms with van der Waals surface area (Å²) >= 11 is 0. The van der Waals surface area contributed by atoms with Crippen molar-refractivity contribution in [1.29, 1.82) is 0 Å². The van der Waals surface area contributed by atoms with E-state index in [0.29, 0.717) is 11.0 Å². The van der Waals surface area contributed by atoms with Gasteiger partial charge < -0.3 is 10.8 Å². The lowest BCUT2D eigenvalue weighted by molar-refractivity contribution is 0.145. The van der Waals surface area contributed by atoms with Crippen LogP contribution in [0.25, 0.3) is 16.6 Å². The number of aliphatic hydroxyl groups excluding tert-OH is 1. The van der Waals surface area contributed by atoms with Crippen LogP contribution in [0.3, 0.4) is 0 Å². The Bertz CT molecular complexity index is 785. The summed E-state index contributed by atoms with van der Waals surface area (Å²) in [4.78, 5) is 12.9. The number of benzene rings is 1. The van der Waals surface area contributed by atoms with E-state index in [4.69, 9.17) is 10.8 Å². The second-order valence-electron chi connectivity index (χ2n) is 5.87. The minimum absolute atomic E-state index is 0.0241. The Hall–Kier alpha value is -2.41. The number of nitrogens with two attached hydrogens (primary N) is 1. The van der Waals surface area contributed by atoms with Crippen molar-refractivity contribution in [2.75, 3.05) is 6.61 Å². The summed E-state index contributed by atoms with van der Waals surface area (Å²) in [6, 6.07) is 7.21. The SMILES string of the molecule is NC(=C(C=NC1CC(CO)C1)c1cnc2ccccc2n1)C(F)F. The van der Waals surface area contributed by atoms with Crippen molar-refractivity contribution in [3.8, 4) is 0 Å². The normalized spacial score (nSPS) is 22.0. The molecule has 1 aromatic carbocycles. The van der Waals surface area contributed by atoms with Crippen LogP contribution in [0.1, 0.15) is 18.5 Å². The van der Waals surface area contributed by atoms with Crippen LogP contribution in [0.15, 0.2) is 41.2 Å². The van der Waals surface area contributed by atoms with Crippen molar-refractivity contribution in [3.05, 3.63) is 41.9 Å². The zero-order valence-electron chi connectivity index (χ0n) is 12.9. The van der Waals surface area contributed by atoms with Gasteiger partial charge in [-0.3, -0.25) is 9.98 Å². The number of hydrogen-bond donors (Lipinski definition) is 2. The zero-order valence-corrected chi connectivity index (χ0v) is 12.9. The maximum absolute atomic E-state index is 13.1. The predicted octanol–water partition coefficient (Wildman–Crippen LogP) is 2.41. The molecule has 1 saturated carbocycles. The van der Waals surface area contributed by atoms with Gasteiger partial charge in [-0.15, -0.1) is 0 Å². The molecule has 3 N–H and O–H groups in total. The third-order valence-corrected chi connectivity index (χ3v) is 4.15. The maximum atomic E-state index is 13.1. The monoisotopic (exact) mass is 332 g/mol. The molecule has 0 atom stereocenters. The first kappa shape index (κ1) is 16.4. The molecule has 0 amide bonds. The molecule has 1 aliphatic carbocycles. The van der Waals surface area contributed by atoms with E-state index < -0.39 is 12.1 Å². The molecular formula is C17H18F2N4O. The molecule has 126 valence electrons. The fraction of sp³-hybridized carbons (Fsp3) is 0.353. The zero-order chi connectivity index (χ0) is 17.1. The van der Waals surface area contributed by atoms with E-state index in [2.05, 4.69) is 15.0 Å². The number of nitrogens with zero attached hydrogens (tertiary/aromatic N) is 3. The number of rotatable bonds is 5. The summed E-state index contributed by atoms with van der Waals surface area (Å²) in [5.41, 5.74) is 6.65. The second-order valence-corrected chi connectivity index (χ2v) is 5.87. The minimum Gasteiger partial charge on any atom is -0.397 e. The molecule has 1 aliphatic rings. The molecule has 24 heavy (non-hydrogen) atoms. The summed E-state index contributed by atoms with van der Waals surface area (Å²) in [5, 5.41) is 9.02. The van der Waals surface area contributed by atoms with E-state index in [1.54, 1.807) is 18.2 Å². The third-order valence-electron chi connectivity index (χ3n) is 4.15. The molecule has 1 fully saturated rings. The molecule has 5 nitrogen and oxygen atoms in total. The van der Waals surface area contributed by atoms with Gasteiger partial charge >= 0.3 is 0 Å². The van der Waals surface area contributed by atoms with Gasteiger partial charge in [-0.25, -0.2) is 13.8 Å². The number of allylic oxidation sites excluding steroid dienone is 2. The van der Waals surface area contributed by atoms with Gasteiger partial charge in [-0.2, -0.15) is 0 Å². The molecule has 1 heterocycles. The Labute approximate surface area is 138 Å². The van der Waals surface area contributed by atoms with Gasteiger partial charge in [0.1, 0.15) is 0 Å². The number of aliphatic hydroxyl groups is 1. The highest BCUT2D eigenvalue weighted by Crippen LogP contribution is 2.30. The van der Waals surface area contributed by atoms with E-state index in [0.717, 1.165) is 12.8 Å². The van der Waals surface area contributed by atoms with Crippen molar-refractivity contribution in [2.24, 2.45) is 16.6 Å². The van der Waals surface area contributed by atoms with Crippen LogP contribution in [0.5, 0.6) is 0 Å². The van der Waals surface area contributed by atoms with Crippen molar-refractivity contribution in [3.63, 3.8) is 0 Å². The minimum atomic E-state index is -2.80. The average Bonchev–Trinajstić information content (AvgIpc) is 2.56. The number of para-hydroxylation sites is 2. The number of halogens is 2. The lowest BCUT2D eigenvalue weighted by Crippen LogP contribution is -2.29. The molecule has 1 aromatic heterocycles. The Morgan fingerprint density at radius 1 is 1.33 bits per heavy atom. The van der Waals surface area contributed by atoms with Crippen LogP contribution in [-0.2, 0) is 0 Å². The smallest absolute Gasteiger partial charge is 0.278 e. The van der Waals surface area contributed by atoms with Crippen molar-refractivity contribution >= 4 is 22.8 Å². The van der Waals surface area contributed by atoms with Crippen LogP contribution in [0, 0.1) is 5.92 Å². The van der Waals surface area contributed by atoms with Crippen molar-refractivity contribution < 1.29 is 13.9 Å². The highest BCUT2D eigenvalue weighted by Gasteiger charge is 2.27. The lowest BCUT2D eigenvalue weighted by atomic mass is 9.81. The van der Waals surface area contributed by atoms with Gasteiger partial charge in [0, 0.05) is 18.4 Å². The van der Waals surface area contributed by atoms with Crippen LogP contribution in [0.4, 0.5) is 8.78 Å². The Kier molecular flexibility index (Phi) is 4.80. The molecule has 0 bridgehead atoms. The Morgan fingerprint density at radius 3 is 2.71 bits per heavy atom. The number of fused-ring (bicyclic) bond motifs is 1. The van der Waals surface area contributed by atoms with Gasteiger partial charge in [0.25, 0.3) is 6.43 Å². The van der Waals surface area contributed by atoms with E-state index in [-0.39, 0.29) is 29.8 Å². The number of alkyl halides is 2. The third kappa shape index (κ3) is 3.41. The second kappa shape index (κ2) is 7.00. The first-order valence-corrected chi connectivity index (χ1v) is 7.72. The predicted molar refractivity (Wildman–Crippen MR) is 88.7 cm³/mol. The molecular weight excluding hydrogens is 314 g/mol. The highest BCUT2D eigenvalue weighted by atomic mass is 19.3. The number of hydrogen-bond acceptors (Lipinski definition) is 5. The van der Waals surface area contributed by atoms with E-state index in [1.807, 2.05) is 6.07 Å². The lowest BCUT2D eigenvalue weighted by Gasteiger charge is -2.30. The Balaban J connectivity index is 1.92. The highest BCUT2D eigenvalue weighted by molar-refractivity contribution is 6.10. The van der Waals surface area contributed by atoms with Crippen molar-refractivity contribution in [2.45, 2.75) is 25.3 Å². The molecule has 7 heteroatoms. The van der Waals surface area contributed by atoms with Crippen molar-refractivity contribution in [1.82, 2.24) is 9.97 Å². The molecule has 0 spiro atoms. The molecule has 0 saturated heterocycles. The van der Waals surface area contributed by atoms with Crippen LogP contribution in [0.2, 0.25) is 0 Å². The molecule has 2 aromatic rings. The fourth-order valence-corrected chi connectivity index (χ4v) is 2.64. The number of aliphatic imine (C=N–C) groups is 1. The maximum Gasteiger partial charge on any atom is 0.278 e.